The number of furan rings is 1. The molecule has 42 heavy (non-hydrogen) atoms. The first-order valence-corrected chi connectivity index (χ1v) is 14.6. The molecule has 0 radical (unpaired) electrons. The minimum absolute atomic E-state index is 0.0680. The number of aliphatic imine (C=N–C) groups is 1. The van der Waals surface area contributed by atoms with Gasteiger partial charge in [0.1, 0.15) is 11.4 Å². The Kier molecular flexibility index (Phi) is 7.14. The number of ketones is 1. The zero-order chi connectivity index (χ0) is 29.8. The molecule has 6 rings (SSSR count). The predicted molar refractivity (Wildman–Crippen MR) is 156 cm³/mol. The molecule has 2 aliphatic heterocycles. The van der Waals surface area contributed by atoms with Crippen molar-refractivity contribution in [2.75, 3.05) is 19.7 Å². The lowest BCUT2D eigenvalue weighted by Gasteiger charge is -2.38. The summed E-state index contributed by atoms with van der Waals surface area (Å²) >= 11 is 7.41. The van der Waals surface area contributed by atoms with Crippen molar-refractivity contribution in [3.63, 3.8) is 0 Å². The molecule has 218 valence electrons. The van der Waals surface area contributed by atoms with E-state index in [9.17, 15) is 14.4 Å². The molecular formula is C29H28ClN5O6S. The van der Waals surface area contributed by atoms with Gasteiger partial charge in [-0.3, -0.25) is 14.7 Å². The number of hydrogen-bond acceptors (Lipinski definition) is 9. The molecule has 0 spiro atoms. The first-order chi connectivity index (χ1) is 20.0. The van der Waals surface area contributed by atoms with E-state index in [1.165, 1.54) is 16.7 Å². The van der Waals surface area contributed by atoms with Crippen molar-refractivity contribution in [3.8, 4) is 0 Å². The Balaban J connectivity index is 1.35. The van der Waals surface area contributed by atoms with Gasteiger partial charge in [0, 0.05) is 22.5 Å². The van der Waals surface area contributed by atoms with Crippen LogP contribution in [-0.4, -0.2) is 68.7 Å². The molecular weight excluding hydrogens is 582 g/mol. The number of imidazole rings is 1. The monoisotopic (exact) mass is 609 g/mol. The highest BCUT2D eigenvalue weighted by Crippen LogP contribution is 2.47. The number of Topliss-reactive ketones (excluding diaryl/α,β-unsaturated/α-hetero) is 1. The molecule has 2 unspecified atom stereocenters. The number of H-pyrrole nitrogens is 2. The second kappa shape index (κ2) is 10.7. The van der Waals surface area contributed by atoms with Crippen LogP contribution in [-0.2, 0) is 14.3 Å². The first kappa shape index (κ1) is 28.1. The summed E-state index contributed by atoms with van der Waals surface area (Å²) < 4.78 is 17.0. The van der Waals surface area contributed by atoms with Gasteiger partial charge in [0.15, 0.2) is 21.7 Å². The summed E-state index contributed by atoms with van der Waals surface area (Å²) in [6.45, 7) is 7.12. The van der Waals surface area contributed by atoms with Gasteiger partial charge in [0.25, 0.3) is 0 Å². The van der Waals surface area contributed by atoms with Crippen LogP contribution in [0.25, 0.3) is 11.0 Å². The Labute approximate surface area is 250 Å². The van der Waals surface area contributed by atoms with E-state index in [0.717, 1.165) is 11.0 Å². The van der Waals surface area contributed by atoms with Gasteiger partial charge in [-0.15, -0.1) is 0 Å². The van der Waals surface area contributed by atoms with E-state index in [1.54, 1.807) is 46.0 Å². The van der Waals surface area contributed by atoms with Gasteiger partial charge < -0.3 is 23.9 Å². The zero-order valence-corrected chi connectivity index (χ0v) is 24.9. The van der Waals surface area contributed by atoms with Crippen LogP contribution < -0.4 is 0 Å². The molecule has 13 heteroatoms. The molecule has 2 N–H and O–H groups in total. The van der Waals surface area contributed by atoms with Crippen molar-refractivity contribution in [1.82, 2.24) is 19.9 Å². The minimum Gasteiger partial charge on any atom is -0.461 e. The Morgan fingerprint density at radius 2 is 2.00 bits per heavy atom. The summed E-state index contributed by atoms with van der Waals surface area (Å²) in [6.07, 6.45) is 1.06. The van der Waals surface area contributed by atoms with Crippen LogP contribution in [0.15, 0.2) is 56.2 Å². The fraction of sp³-hybridized carbons (Fsp3) is 0.345. The van der Waals surface area contributed by atoms with Gasteiger partial charge in [-0.1, -0.05) is 11.6 Å². The van der Waals surface area contributed by atoms with Crippen molar-refractivity contribution >= 4 is 63.6 Å². The first-order valence-electron chi connectivity index (χ1n) is 13.4. The molecule has 1 fully saturated rings. The number of amides is 1. The van der Waals surface area contributed by atoms with Gasteiger partial charge in [-0.05, 0) is 69.8 Å². The molecule has 2 aliphatic rings. The maximum atomic E-state index is 13.7. The van der Waals surface area contributed by atoms with Gasteiger partial charge in [-0.2, -0.15) is 0 Å². The fourth-order valence-electron chi connectivity index (χ4n) is 5.21. The molecule has 0 bridgehead atoms. The fourth-order valence-corrected chi connectivity index (χ4v) is 6.15. The summed E-state index contributed by atoms with van der Waals surface area (Å²) in [7, 11) is 0. The van der Waals surface area contributed by atoms with Crippen molar-refractivity contribution in [2.24, 2.45) is 10.9 Å². The third-order valence-corrected chi connectivity index (χ3v) is 7.91. The Bertz CT molecular complexity index is 1750. The van der Waals surface area contributed by atoms with Crippen molar-refractivity contribution < 1.29 is 28.3 Å². The number of nitrogens with zero attached hydrogens (tertiary/aromatic N) is 3. The number of esters is 1. The summed E-state index contributed by atoms with van der Waals surface area (Å²) in [6, 6.07) is 9.03. The lowest BCUT2D eigenvalue weighted by Crippen LogP contribution is -2.53. The average Bonchev–Trinajstić information content (AvgIpc) is 3.64. The Morgan fingerprint density at radius 3 is 2.76 bits per heavy atom. The average molecular weight is 610 g/mol. The largest absolute Gasteiger partial charge is 0.461 e. The van der Waals surface area contributed by atoms with Crippen LogP contribution in [0.3, 0.4) is 0 Å². The molecule has 0 saturated carbocycles. The minimum atomic E-state index is -0.729. The van der Waals surface area contributed by atoms with E-state index in [0.29, 0.717) is 38.0 Å². The van der Waals surface area contributed by atoms with Crippen LogP contribution in [0, 0.1) is 5.92 Å². The number of benzene rings is 1. The molecule has 5 heterocycles. The van der Waals surface area contributed by atoms with Crippen LogP contribution >= 0.6 is 23.4 Å². The number of ether oxygens (including phenoxy) is 2. The number of piperidine rings is 1. The Hall–Kier alpha value is -4.03. The topological polar surface area (TPSA) is 143 Å². The molecule has 1 amide bonds. The van der Waals surface area contributed by atoms with E-state index in [2.05, 4.69) is 15.0 Å². The summed E-state index contributed by atoms with van der Waals surface area (Å²) in [5.41, 5.74) is 2.46. The molecule has 1 aromatic carbocycles. The van der Waals surface area contributed by atoms with E-state index < -0.39 is 29.5 Å². The predicted octanol–water partition coefficient (Wildman–Crippen LogP) is 6.12. The van der Waals surface area contributed by atoms with E-state index in [1.807, 2.05) is 18.2 Å². The highest BCUT2D eigenvalue weighted by atomic mass is 35.5. The van der Waals surface area contributed by atoms with Crippen molar-refractivity contribution in [3.05, 3.63) is 58.6 Å². The standard InChI is InChI=1S/C29H28ClN5O6S/c1-5-39-26(37)25-24-15(11-31-25)22(23-18(32-24)12-35(13-19(23)36)28(38)41-29(2,3)4)20-8-9-21(40-20)42-27-33-16-7-6-14(30)10-17(16)34-27/h6-11,22-23,31H,5,12-13H2,1-4H3,(H,33,34). The van der Waals surface area contributed by atoms with Crippen molar-refractivity contribution in [2.45, 2.75) is 49.5 Å². The number of carbonyl (C=O) groups excluding carboxylic acids is 3. The molecule has 4 aromatic rings. The van der Waals surface area contributed by atoms with E-state index in [4.69, 9.17) is 30.5 Å². The molecule has 0 aliphatic carbocycles. The Morgan fingerprint density at radius 1 is 1.19 bits per heavy atom. The number of fused-ring (bicyclic) bond motifs is 3. The molecule has 1 saturated heterocycles. The lowest BCUT2D eigenvalue weighted by molar-refractivity contribution is -0.123. The smallest absolute Gasteiger partial charge is 0.411 e. The van der Waals surface area contributed by atoms with Crippen LogP contribution in [0.5, 0.6) is 0 Å². The normalized spacial score (nSPS) is 18.5. The number of rotatable bonds is 5. The number of nitrogens with one attached hydrogen (secondary N) is 2. The maximum Gasteiger partial charge on any atom is 0.411 e. The lowest BCUT2D eigenvalue weighted by atomic mass is 9.75. The van der Waals surface area contributed by atoms with E-state index in [-0.39, 0.29) is 31.2 Å². The van der Waals surface area contributed by atoms with Crippen LogP contribution in [0.4, 0.5) is 10.5 Å². The van der Waals surface area contributed by atoms with Crippen molar-refractivity contribution in [1.29, 1.82) is 0 Å². The van der Waals surface area contributed by atoms with Gasteiger partial charge >= 0.3 is 12.1 Å². The third kappa shape index (κ3) is 5.32. The molecule has 2 atom stereocenters. The summed E-state index contributed by atoms with van der Waals surface area (Å²) in [4.78, 5) is 56.2. The number of hydrogen-bond donors (Lipinski definition) is 2. The number of aromatic amines is 2. The number of aromatic nitrogens is 3. The van der Waals surface area contributed by atoms with E-state index >= 15 is 0 Å². The van der Waals surface area contributed by atoms with Gasteiger partial charge in [0.2, 0.25) is 0 Å². The second-order valence-electron chi connectivity index (χ2n) is 11.0. The highest BCUT2D eigenvalue weighted by molar-refractivity contribution is 7.99. The zero-order valence-electron chi connectivity index (χ0n) is 23.3. The highest BCUT2D eigenvalue weighted by Gasteiger charge is 2.47. The van der Waals surface area contributed by atoms with Crippen LogP contribution in [0.2, 0.25) is 5.02 Å². The quantitative estimate of drug-likeness (QED) is 0.258. The third-order valence-electron chi connectivity index (χ3n) is 6.87. The number of halogens is 1. The number of carbonyl (C=O) groups is 3. The maximum absolute atomic E-state index is 13.7. The second-order valence-corrected chi connectivity index (χ2v) is 12.4. The summed E-state index contributed by atoms with van der Waals surface area (Å²) in [5, 5.41) is 1.78. The SMILES string of the molecule is CCOC(=O)c1[nH]cc2c1N=C1CN(C(=O)OC(C)(C)C)CC(=O)C1C2c1ccc(Sc2nc3ccc(Cl)cc3[nH]2)o1. The van der Waals surface area contributed by atoms with Gasteiger partial charge in [-0.25, -0.2) is 14.6 Å². The summed E-state index contributed by atoms with van der Waals surface area (Å²) in [5.74, 6) is -1.53. The van der Waals surface area contributed by atoms with Crippen LogP contribution in [0.1, 0.15) is 55.4 Å². The molecule has 3 aromatic heterocycles. The molecule has 11 nitrogen and oxygen atoms in total. The van der Waals surface area contributed by atoms with Gasteiger partial charge in [0.05, 0.1) is 48.3 Å². The number of likely N-dealkylation sites (tertiary alicyclic amines) is 1.